The van der Waals surface area contributed by atoms with Crippen LogP contribution in [0, 0.1) is 0 Å². The van der Waals surface area contributed by atoms with Gasteiger partial charge in [0.1, 0.15) is 0 Å². The molecule has 8 heteroatoms. The van der Waals surface area contributed by atoms with E-state index in [1.807, 2.05) is 18.2 Å². The second-order valence-corrected chi connectivity index (χ2v) is 8.26. The Labute approximate surface area is 158 Å². The van der Waals surface area contributed by atoms with E-state index in [0.717, 1.165) is 5.69 Å². The maximum Gasteiger partial charge on any atom is 0.243 e. The number of rotatable bonds is 5. The Hall–Kier alpha value is -1.96. The maximum atomic E-state index is 12.8. The molecular weight excluding hydrogens is 376 g/mol. The van der Waals surface area contributed by atoms with E-state index in [4.69, 9.17) is 21.1 Å². The highest BCUT2D eigenvalue weighted by atomic mass is 35.5. The molecule has 140 valence electrons. The maximum absolute atomic E-state index is 12.8. The van der Waals surface area contributed by atoms with E-state index >= 15 is 0 Å². The topological polar surface area (TPSA) is 59.1 Å². The second-order valence-electron chi connectivity index (χ2n) is 5.89. The number of benzene rings is 2. The van der Waals surface area contributed by atoms with Gasteiger partial charge in [-0.15, -0.1) is 0 Å². The van der Waals surface area contributed by atoms with E-state index in [2.05, 4.69) is 4.90 Å². The Morgan fingerprint density at radius 2 is 1.62 bits per heavy atom. The van der Waals surface area contributed by atoms with Crippen molar-refractivity contribution in [1.29, 1.82) is 0 Å². The van der Waals surface area contributed by atoms with Gasteiger partial charge in [-0.1, -0.05) is 17.7 Å². The Morgan fingerprint density at radius 1 is 0.923 bits per heavy atom. The lowest BCUT2D eigenvalue weighted by Gasteiger charge is -2.35. The lowest BCUT2D eigenvalue weighted by molar-refractivity contribution is 0.354. The molecule has 0 spiro atoms. The fraction of sp³-hybridized carbons (Fsp3) is 0.333. The van der Waals surface area contributed by atoms with Crippen molar-refractivity contribution in [3.63, 3.8) is 0 Å². The summed E-state index contributed by atoms with van der Waals surface area (Å²) in [6.45, 7) is 2.00. The lowest BCUT2D eigenvalue weighted by atomic mass is 10.2. The molecule has 0 N–H and O–H groups in total. The predicted molar refractivity (Wildman–Crippen MR) is 102 cm³/mol. The van der Waals surface area contributed by atoms with Crippen LogP contribution in [0.1, 0.15) is 0 Å². The van der Waals surface area contributed by atoms with Crippen molar-refractivity contribution in [2.24, 2.45) is 0 Å². The van der Waals surface area contributed by atoms with E-state index < -0.39 is 10.0 Å². The minimum atomic E-state index is -3.54. The number of ether oxygens (including phenoxy) is 2. The highest BCUT2D eigenvalue weighted by Gasteiger charge is 2.29. The number of hydrogen-bond acceptors (Lipinski definition) is 5. The summed E-state index contributed by atoms with van der Waals surface area (Å²) in [6, 6.07) is 12.1. The number of halogens is 1. The van der Waals surface area contributed by atoms with E-state index in [1.165, 1.54) is 10.4 Å². The van der Waals surface area contributed by atoms with Crippen molar-refractivity contribution >= 4 is 27.3 Å². The Bertz CT molecular complexity index is 881. The third-order valence-electron chi connectivity index (χ3n) is 4.40. The zero-order valence-electron chi connectivity index (χ0n) is 14.7. The van der Waals surface area contributed by atoms with Crippen LogP contribution < -0.4 is 14.4 Å². The first-order valence-electron chi connectivity index (χ1n) is 8.18. The van der Waals surface area contributed by atoms with Crippen molar-refractivity contribution in [2.45, 2.75) is 4.90 Å². The summed E-state index contributed by atoms with van der Waals surface area (Å²) < 4.78 is 37.7. The molecule has 0 saturated carbocycles. The van der Waals surface area contributed by atoms with E-state index in [1.54, 1.807) is 32.4 Å². The first kappa shape index (κ1) is 18.8. The highest BCUT2D eigenvalue weighted by molar-refractivity contribution is 7.89. The molecule has 1 saturated heterocycles. The molecule has 0 unspecified atom stereocenters. The molecular formula is C18H21ClN2O4S. The van der Waals surface area contributed by atoms with Crippen molar-refractivity contribution in [2.75, 3.05) is 45.3 Å². The van der Waals surface area contributed by atoms with Gasteiger partial charge in [0.2, 0.25) is 10.0 Å². The summed E-state index contributed by atoms with van der Waals surface area (Å²) in [4.78, 5) is 2.36. The molecule has 0 atom stereocenters. The molecule has 26 heavy (non-hydrogen) atoms. The van der Waals surface area contributed by atoms with Crippen LogP contribution in [0.5, 0.6) is 11.5 Å². The van der Waals surface area contributed by atoms with Gasteiger partial charge in [0.05, 0.1) is 19.1 Å². The number of piperazine rings is 1. The van der Waals surface area contributed by atoms with Crippen LogP contribution in [0.15, 0.2) is 47.4 Å². The summed E-state index contributed by atoms with van der Waals surface area (Å²) in [6.07, 6.45) is 0. The third kappa shape index (κ3) is 3.75. The highest BCUT2D eigenvalue weighted by Crippen LogP contribution is 2.32. The van der Waals surface area contributed by atoms with E-state index in [9.17, 15) is 8.42 Å². The summed E-state index contributed by atoms with van der Waals surface area (Å²) in [5, 5.41) is 0.412. The summed E-state index contributed by atoms with van der Waals surface area (Å²) >= 11 is 5.93. The van der Waals surface area contributed by atoms with Gasteiger partial charge in [0, 0.05) is 43.0 Å². The third-order valence-corrected chi connectivity index (χ3v) is 6.53. The molecule has 0 aliphatic carbocycles. The molecule has 2 aromatic carbocycles. The average molecular weight is 397 g/mol. The van der Waals surface area contributed by atoms with Crippen LogP contribution in [0.25, 0.3) is 0 Å². The minimum absolute atomic E-state index is 0.226. The van der Waals surface area contributed by atoms with Gasteiger partial charge in [-0.3, -0.25) is 0 Å². The molecule has 0 aromatic heterocycles. The monoisotopic (exact) mass is 396 g/mol. The van der Waals surface area contributed by atoms with Crippen LogP contribution in [-0.4, -0.2) is 53.1 Å². The van der Waals surface area contributed by atoms with Gasteiger partial charge in [0.15, 0.2) is 11.5 Å². The zero-order valence-corrected chi connectivity index (χ0v) is 16.3. The van der Waals surface area contributed by atoms with Crippen LogP contribution in [0.2, 0.25) is 5.02 Å². The van der Waals surface area contributed by atoms with Gasteiger partial charge in [-0.2, -0.15) is 4.31 Å². The predicted octanol–water partition coefficient (Wildman–Crippen LogP) is 2.87. The molecule has 3 rings (SSSR count). The molecule has 1 fully saturated rings. The van der Waals surface area contributed by atoms with Gasteiger partial charge in [-0.05, 0) is 30.3 Å². The Kier molecular flexibility index (Phi) is 5.60. The van der Waals surface area contributed by atoms with Crippen LogP contribution in [0.4, 0.5) is 5.69 Å². The Morgan fingerprint density at radius 3 is 2.23 bits per heavy atom. The molecule has 0 radical (unpaired) electrons. The number of methoxy groups -OCH3 is 2. The lowest BCUT2D eigenvalue weighted by Crippen LogP contribution is -2.48. The summed E-state index contributed by atoms with van der Waals surface area (Å²) in [5.74, 6) is 1.32. The molecule has 2 aromatic rings. The number of anilines is 1. The fourth-order valence-corrected chi connectivity index (χ4v) is 4.71. The number of hydrogen-bond donors (Lipinski definition) is 0. The molecule has 6 nitrogen and oxygen atoms in total. The van der Waals surface area contributed by atoms with Crippen LogP contribution >= 0.6 is 11.6 Å². The van der Waals surface area contributed by atoms with Gasteiger partial charge in [-0.25, -0.2) is 8.42 Å². The molecule has 0 bridgehead atoms. The minimum Gasteiger partial charge on any atom is -0.493 e. The second kappa shape index (κ2) is 7.73. The SMILES string of the molecule is COc1ccc(N2CCN(S(=O)(=O)c3cccc(Cl)c3)CC2)cc1OC. The summed E-state index contributed by atoms with van der Waals surface area (Å²) in [7, 11) is -0.347. The molecule has 0 amide bonds. The zero-order chi connectivity index (χ0) is 18.7. The first-order chi connectivity index (χ1) is 12.5. The normalized spacial score (nSPS) is 15.7. The van der Waals surface area contributed by atoms with Gasteiger partial charge in [0.25, 0.3) is 0 Å². The fourth-order valence-electron chi connectivity index (χ4n) is 2.98. The standard InChI is InChI=1S/C18H21ClN2O4S/c1-24-17-7-6-15(13-18(17)25-2)20-8-10-21(11-9-20)26(22,23)16-5-3-4-14(19)12-16/h3-7,12-13H,8-11H2,1-2H3. The van der Waals surface area contributed by atoms with Gasteiger partial charge < -0.3 is 14.4 Å². The van der Waals surface area contributed by atoms with Crippen molar-refractivity contribution in [3.8, 4) is 11.5 Å². The van der Waals surface area contributed by atoms with Crippen molar-refractivity contribution in [1.82, 2.24) is 4.31 Å². The molecule has 1 aliphatic rings. The van der Waals surface area contributed by atoms with Crippen LogP contribution in [0.3, 0.4) is 0 Å². The largest absolute Gasteiger partial charge is 0.493 e. The molecule has 1 heterocycles. The smallest absolute Gasteiger partial charge is 0.243 e. The average Bonchev–Trinajstić information content (AvgIpc) is 2.67. The van der Waals surface area contributed by atoms with Crippen molar-refractivity contribution < 1.29 is 17.9 Å². The number of nitrogens with zero attached hydrogens (tertiary/aromatic N) is 2. The number of sulfonamides is 1. The summed E-state index contributed by atoms with van der Waals surface area (Å²) in [5.41, 5.74) is 0.974. The van der Waals surface area contributed by atoms with Crippen LogP contribution in [-0.2, 0) is 10.0 Å². The Balaban J connectivity index is 1.73. The van der Waals surface area contributed by atoms with Crippen molar-refractivity contribution in [3.05, 3.63) is 47.5 Å². The first-order valence-corrected chi connectivity index (χ1v) is 10.00. The van der Waals surface area contributed by atoms with E-state index in [-0.39, 0.29) is 4.90 Å². The van der Waals surface area contributed by atoms with E-state index in [0.29, 0.717) is 42.7 Å². The van der Waals surface area contributed by atoms with Gasteiger partial charge >= 0.3 is 0 Å². The molecule has 1 aliphatic heterocycles. The quantitative estimate of drug-likeness (QED) is 0.777.